The summed E-state index contributed by atoms with van der Waals surface area (Å²) in [6.07, 6.45) is 5.81. The number of aliphatic hydroxyl groups is 1. The van der Waals surface area contributed by atoms with Crippen molar-refractivity contribution in [2.24, 2.45) is 5.41 Å². The molecule has 0 spiro atoms. The summed E-state index contributed by atoms with van der Waals surface area (Å²) in [6, 6.07) is 0. The lowest BCUT2D eigenvalue weighted by atomic mass is 9.73. The van der Waals surface area contributed by atoms with E-state index < -0.39 is 5.60 Å². The molecule has 1 N–H and O–H groups in total. The van der Waals surface area contributed by atoms with E-state index in [1.165, 1.54) is 0 Å². The molecular weight excluding hydrogens is 164 g/mol. The van der Waals surface area contributed by atoms with E-state index in [1.54, 1.807) is 6.26 Å². The maximum absolute atomic E-state index is 10.6. The summed E-state index contributed by atoms with van der Waals surface area (Å²) in [6.45, 7) is 5.05. The van der Waals surface area contributed by atoms with Crippen LogP contribution in [0.4, 0.5) is 0 Å². The molecule has 1 aliphatic carbocycles. The van der Waals surface area contributed by atoms with Gasteiger partial charge >= 0.3 is 0 Å². The SMILES string of the molecule is CC1(C)CCCC1(O)C1=COCC1. The molecule has 1 unspecified atom stereocenters. The molecule has 2 nitrogen and oxygen atoms in total. The van der Waals surface area contributed by atoms with Crippen LogP contribution in [0.2, 0.25) is 0 Å². The van der Waals surface area contributed by atoms with Crippen molar-refractivity contribution in [3.63, 3.8) is 0 Å². The molecule has 0 bridgehead atoms. The first-order valence-electron chi connectivity index (χ1n) is 5.10. The molecule has 1 aliphatic heterocycles. The van der Waals surface area contributed by atoms with Crippen molar-refractivity contribution in [3.05, 3.63) is 11.8 Å². The minimum absolute atomic E-state index is 0.0204. The van der Waals surface area contributed by atoms with Crippen LogP contribution in [0.3, 0.4) is 0 Å². The van der Waals surface area contributed by atoms with Crippen molar-refractivity contribution < 1.29 is 9.84 Å². The third kappa shape index (κ3) is 1.19. The Balaban J connectivity index is 2.28. The molecule has 0 amide bonds. The lowest BCUT2D eigenvalue weighted by Crippen LogP contribution is -2.41. The highest BCUT2D eigenvalue weighted by Crippen LogP contribution is 2.51. The zero-order chi connectivity index (χ0) is 9.53. The Hall–Kier alpha value is -0.500. The maximum atomic E-state index is 10.6. The van der Waals surface area contributed by atoms with Gasteiger partial charge in [0.15, 0.2) is 0 Å². The van der Waals surface area contributed by atoms with E-state index >= 15 is 0 Å². The molecular formula is C11H18O2. The molecule has 1 heterocycles. The molecule has 13 heavy (non-hydrogen) atoms. The average Bonchev–Trinajstić information content (AvgIpc) is 2.61. The topological polar surface area (TPSA) is 29.5 Å². The van der Waals surface area contributed by atoms with Gasteiger partial charge in [0.05, 0.1) is 18.5 Å². The molecule has 1 fully saturated rings. The average molecular weight is 182 g/mol. The fourth-order valence-electron chi connectivity index (χ4n) is 2.62. The van der Waals surface area contributed by atoms with E-state index in [9.17, 15) is 5.11 Å². The van der Waals surface area contributed by atoms with Crippen LogP contribution < -0.4 is 0 Å². The highest BCUT2D eigenvalue weighted by molar-refractivity contribution is 5.23. The van der Waals surface area contributed by atoms with Crippen molar-refractivity contribution in [2.75, 3.05) is 6.61 Å². The second-order valence-corrected chi connectivity index (χ2v) is 4.86. The van der Waals surface area contributed by atoms with Gasteiger partial charge in [-0.05, 0) is 30.3 Å². The van der Waals surface area contributed by atoms with E-state index in [0.29, 0.717) is 0 Å². The molecule has 0 aromatic heterocycles. The normalized spacial score (nSPS) is 37.3. The summed E-state index contributed by atoms with van der Waals surface area (Å²) in [5, 5.41) is 10.6. The van der Waals surface area contributed by atoms with Crippen molar-refractivity contribution in [3.8, 4) is 0 Å². The van der Waals surface area contributed by atoms with Gasteiger partial charge in [-0.25, -0.2) is 0 Å². The van der Waals surface area contributed by atoms with Crippen molar-refractivity contribution >= 4 is 0 Å². The number of rotatable bonds is 1. The Kier molecular flexibility index (Phi) is 1.91. The zero-order valence-electron chi connectivity index (χ0n) is 8.47. The van der Waals surface area contributed by atoms with Gasteiger partial charge in [-0.15, -0.1) is 0 Å². The fraction of sp³-hybridized carbons (Fsp3) is 0.818. The Labute approximate surface area is 79.6 Å². The Morgan fingerprint density at radius 3 is 2.62 bits per heavy atom. The Morgan fingerprint density at radius 2 is 2.15 bits per heavy atom. The van der Waals surface area contributed by atoms with Crippen LogP contribution in [-0.2, 0) is 4.74 Å². The summed E-state index contributed by atoms with van der Waals surface area (Å²) in [5.41, 5.74) is 0.533. The summed E-state index contributed by atoms with van der Waals surface area (Å²) >= 11 is 0. The molecule has 0 aromatic carbocycles. The first-order valence-corrected chi connectivity index (χ1v) is 5.10. The highest BCUT2D eigenvalue weighted by Gasteiger charge is 2.50. The molecule has 2 aliphatic rings. The van der Waals surface area contributed by atoms with Gasteiger partial charge in [-0.2, -0.15) is 0 Å². The standard InChI is InChI=1S/C11H18O2/c1-10(2)5-3-6-11(10,12)9-4-7-13-8-9/h8,12H,3-7H2,1-2H3. The van der Waals surface area contributed by atoms with Crippen LogP contribution >= 0.6 is 0 Å². The van der Waals surface area contributed by atoms with Crippen molar-refractivity contribution in [1.82, 2.24) is 0 Å². The van der Waals surface area contributed by atoms with E-state index in [4.69, 9.17) is 4.74 Å². The Morgan fingerprint density at radius 1 is 1.38 bits per heavy atom. The van der Waals surface area contributed by atoms with E-state index in [0.717, 1.165) is 37.9 Å². The number of hydrogen-bond donors (Lipinski definition) is 1. The molecule has 2 rings (SSSR count). The quantitative estimate of drug-likeness (QED) is 0.674. The number of ether oxygens (including phenoxy) is 1. The number of hydrogen-bond acceptors (Lipinski definition) is 2. The first kappa shape index (κ1) is 9.07. The lowest BCUT2D eigenvalue weighted by molar-refractivity contribution is -0.0100. The molecule has 1 atom stereocenters. The van der Waals surface area contributed by atoms with E-state index in [2.05, 4.69) is 13.8 Å². The second kappa shape index (κ2) is 2.74. The van der Waals surface area contributed by atoms with Crippen molar-refractivity contribution in [1.29, 1.82) is 0 Å². The fourth-order valence-corrected chi connectivity index (χ4v) is 2.62. The lowest BCUT2D eigenvalue weighted by Gasteiger charge is -2.37. The van der Waals surface area contributed by atoms with Gasteiger partial charge in [0.25, 0.3) is 0 Å². The highest BCUT2D eigenvalue weighted by atomic mass is 16.5. The van der Waals surface area contributed by atoms with Gasteiger partial charge in [-0.1, -0.05) is 13.8 Å². The van der Waals surface area contributed by atoms with Crippen LogP contribution in [-0.4, -0.2) is 17.3 Å². The second-order valence-electron chi connectivity index (χ2n) is 4.86. The van der Waals surface area contributed by atoms with Crippen LogP contribution in [0.25, 0.3) is 0 Å². The molecule has 1 saturated carbocycles. The maximum Gasteiger partial charge on any atom is 0.0940 e. The van der Waals surface area contributed by atoms with Gasteiger partial charge in [-0.3, -0.25) is 0 Å². The predicted molar refractivity (Wildman–Crippen MR) is 51.2 cm³/mol. The third-order valence-corrected chi connectivity index (χ3v) is 3.71. The van der Waals surface area contributed by atoms with Crippen molar-refractivity contribution in [2.45, 2.75) is 45.1 Å². The van der Waals surface area contributed by atoms with Crippen LogP contribution in [0, 0.1) is 5.41 Å². The smallest absolute Gasteiger partial charge is 0.0940 e. The molecule has 0 aromatic rings. The molecule has 0 radical (unpaired) electrons. The molecule has 0 saturated heterocycles. The van der Waals surface area contributed by atoms with Gasteiger partial charge in [0.1, 0.15) is 0 Å². The summed E-state index contributed by atoms with van der Waals surface area (Å²) in [4.78, 5) is 0. The zero-order valence-corrected chi connectivity index (χ0v) is 8.47. The minimum atomic E-state index is -0.594. The van der Waals surface area contributed by atoms with Crippen LogP contribution in [0.5, 0.6) is 0 Å². The van der Waals surface area contributed by atoms with Crippen LogP contribution in [0.15, 0.2) is 11.8 Å². The summed E-state index contributed by atoms with van der Waals surface area (Å²) in [7, 11) is 0. The van der Waals surface area contributed by atoms with Gasteiger partial charge in [0, 0.05) is 6.42 Å². The third-order valence-electron chi connectivity index (χ3n) is 3.71. The van der Waals surface area contributed by atoms with E-state index in [1.807, 2.05) is 0 Å². The van der Waals surface area contributed by atoms with Crippen LogP contribution in [0.1, 0.15) is 39.5 Å². The van der Waals surface area contributed by atoms with Gasteiger partial charge in [0.2, 0.25) is 0 Å². The molecule has 2 heteroatoms. The van der Waals surface area contributed by atoms with Gasteiger partial charge < -0.3 is 9.84 Å². The minimum Gasteiger partial charge on any atom is -0.501 e. The summed E-state index contributed by atoms with van der Waals surface area (Å²) in [5.74, 6) is 0. The molecule has 74 valence electrons. The largest absolute Gasteiger partial charge is 0.501 e. The monoisotopic (exact) mass is 182 g/mol. The Bertz CT molecular complexity index is 242. The first-order chi connectivity index (χ1) is 6.06. The summed E-state index contributed by atoms with van der Waals surface area (Å²) < 4.78 is 5.21. The van der Waals surface area contributed by atoms with E-state index in [-0.39, 0.29) is 5.41 Å². The predicted octanol–water partition coefficient (Wildman–Crippen LogP) is 2.23.